The molecule has 5 rings (SSSR count). The van der Waals surface area contributed by atoms with Crippen molar-refractivity contribution in [1.29, 1.82) is 0 Å². The van der Waals surface area contributed by atoms with Crippen LogP contribution in [0.1, 0.15) is 32.1 Å². The summed E-state index contributed by atoms with van der Waals surface area (Å²) in [5.41, 5.74) is 5.11. The topological polar surface area (TPSA) is 81.1 Å². The number of carbonyl (C=O) groups is 1. The van der Waals surface area contributed by atoms with Crippen LogP contribution in [-0.4, -0.2) is 38.7 Å². The lowest BCUT2D eigenvalue weighted by molar-refractivity contribution is -0.117. The summed E-state index contributed by atoms with van der Waals surface area (Å²) in [6.07, 6.45) is 5.26. The predicted octanol–water partition coefficient (Wildman–Crippen LogP) is 4.31. The maximum atomic E-state index is 13.4. The molecule has 0 bridgehead atoms. The number of methoxy groups -OCH3 is 1. The highest BCUT2D eigenvalue weighted by Gasteiger charge is 2.49. The molecule has 160 valence electrons. The predicted molar refractivity (Wildman–Crippen MR) is 122 cm³/mol. The number of hydrogen-bond donors (Lipinski definition) is 2. The number of hydrogen-bond acceptors (Lipinski definition) is 6. The lowest BCUT2D eigenvalue weighted by atomic mass is 9.79. The third-order valence-electron chi connectivity index (χ3n) is 6.07. The van der Waals surface area contributed by atoms with Gasteiger partial charge >= 0.3 is 0 Å². The summed E-state index contributed by atoms with van der Waals surface area (Å²) in [5.74, 6) is 1.53. The second-order valence-electron chi connectivity index (χ2n) is 8.05. The summed E-state index contributed by atoms with van der Waals surface area (Å²) in [4.78, 5) is 13.4. The lowest BCUT2D eigenvalue weighted by Crippen LogP contribution is -2.59. The Balaban J connectivity index is 1.46. The Labute approximate surface area is 185 Å². The average molecular weight is 436 g/mol. The summed E-state index contributed by atoms with van der Waals surface area (Å²) in [7, 11) is 1.63. The molecular weight excluding hydrogens is 410 g/mol. The first-order valence-corrected chi connectivity index (χ1v) is 11.5. The van der Waals surface area contributed by atoms with Gasteiger partial charge in [0.05, 0.1) is 12.6 Å². The van der Waals surface area contributed by atoms with E-state index in [1.54, 1.807) is 7.11 Å². The van der Waals surface area contributed by atoms with Gasteiger partial charge in [0.15, 0.2) is 5.82 Å². The fourth-order valence-corrected chi connectivity index (χ4v) is 5.68. The Hall–Kier alpha value is -3.00. The van der Waals surface area contributed by atoms with Crippen molar-refractivity contribution in [2.45, 2.75) is 48.0 Å². The molecule has 1 unspecified atom stereocenters. The van der Waals surface area contributed by atoms with Crippen LogP contribution in [0.4, 0.5) is 5.69 Å². The van der Waals surface area contributed by atoms with E-state index in [1.165, 1.54) is 18.2 Å². The van der Waals surface area contributed by atoms with Gasteiger partial charge in [-0.2, -0.15) is 0 Å². The molecule has 1 spiro atoms. The van der Waals surface area contributed by atoms with Crippen molar-refractivity contribution in [2.75, 3.05) is 17.9 Å². The number of fused-ring (bicyclic) bond motifs is 1. The fourth-order valence-electron chi connectivity index (χ4n) is 4.46. The number of benzene rings is 2. The van der Waals surface area contributed by atoms with E-state index in [9.17, 15) is 4.79 Å². The zero-order chi connectivity index (χ0) is 21.3. The molecule has 3 aromatic rings. The molecule has 8 heteroatoms. The van der Waals surface area contributed by atoms with E-state index in [1.807, 2.05) is 59.3 Å². The van der Waals surface area contributed by atoms with Gasteiger partial charge < -0.3 is 15.5 Å². The van der Waals surface area contributed by atoms with E-state index >= 15 is 0 Å². The molecule has 7 nitrogen and oxygen atoms in total. The molecule has 2 N–H and O–H groups in total. The van der Waals surface area contributed by atoms with Gasteiger partial charge in [0, 0.05) is 11.3 Å². The summed E-state index contributed by atoms with van der Waals surface area (Å²) in [6.45, 7) is 0. The van der Waals surface area contributed by atoms with Gasteiger partial charge in [0.2, 0.25) is 11.1 Å². The summed E-state index contributed by atoms with van der Waals surface area (Å²) in [5, 5.41) is 12.3. The molecule has 1 aliphatic heterocycles. The third-order valence-corrected chi connectivity index (χ3v) is 7.44. The fraction of sp³-hybridized carbons (Fsp3) is 0.348. The SMILES string of the molecule is COc1ccc(NC(=O)C2Sc3nnc(-c4ccccc4)n3NC23CCCCC3)cc1. The normalized spacial score (nSPS) is 19.3. The van der Waals surface area contributed by atoms with E-state index in [0.717, 1.165) is 48.5 Å². The Morgan fingerprint density at radius 3 is 2.55 bits per heavy atom. The number of nitrogens with one attached hydrogen (secondary N) is 2. The molecule has 31 heavy (non-hydrogen) atoms. The number of aromatic nitrogens is 3. The van der Waals surface area contributed by atoms with Crippen molar-refractivity contribution in [3.05, 3.63) is 54.6 Å². The second-order valence-corrected chi connectivity index (χ2v) is 9.12. The molecule has 2 aromatic carbocycles. The van der Waals surface area contributed by atoms with E-state index in [4.69, 9.17) is 4.74 Å². The standard InChI is InChI=1S/C23H25N5O2S/c1-30-18-12-10-17(11-13-18)24-21(29)19-23(14-6-3-7-15-23)27-28-20(25-26-22(28)31-19)16-8-4-2-5-9-16/h2,4-5,8-13,19,27H,3,6-7,14-15H2,1H3,(H,24,29). The van der Waals surface area contributed by atoms with Gasteiger partial charge in [-0.1, -0.05) is 61.4 Å². The Morgan fingerprint density at radius 2 is 1.84 bits per heavy atom. The van der Waals surface area contributed by atoms with E-state index in [-0.39, 0.29) is 16.7 Å². The van der Waals surface area contributed by atoms with Crippen molar-refractivity contribution < 1.29 is 9.53 Å². The van der Waals surface area contributed by atoms with Gasteiger partial charge in [-0.25, -0.2) is 4.68 Å². The molecular formula is C23H25N5O2S. The maximum absolute atomic E-state index is 13.4. The molecule has 0 saturated heterocycles. The third kappa shape index (κ3) is 3.76. The van der Waals surface area contributed by atoms with Crippen molar-refractivity contribution in [3.63, 3.8) is 0 Å². The number of amides is 1. The first-order chi connectivity index (χ1) is 15.2. The lowest BCUT2D eigenvalue weighted by Gasteiger charge is -2.46. The van der Waals surface area contributed by atoms with Crippen molar-refractivity contribution in [2.24, 2.45) is 0 Å². The van der Waals surface area contributed by atoms with Gasteiger partial charge in [0.1, 0.15) is 11.0 Å². The van der Waals surface area contributed by atoms with Crippen LogP contribution in [0.5, 0.6) is 5.75 Å². The minimum atomic E-state index is -0.335. The van der Waals surface area contributed by atoms with E-state index in [0.29, 0.717) is 5.16 Å². The number of nitrogens with zero attached hydrogens (tertiary/aromatic N) is 3. The molecule has 1 amide bonds. The van der Waals surface area contributed by atoms with Crippen LogP contribution in [0.3, 0.4) is 0 Å². The minimum absolute atomic E-state index is 0.0138. The molecule has 1 saturated carbocycles. The van der Waals surface area contributed by atoms with E-state index in [2.05, 4.69) is 20.9 Å². The van der Waals surface area contributed by atoms with Gasteiger partial charge in [-0.05, 0) is 37.1 Å². The Morgan fingerprint density at radius 1 is 1.10 bits per heavy atom. The molecule has 1 fully saturated rings. The molecule has 1 atom stereocenters. The average Bonchev–Trinajstić information content (AvgIpc) is 3.22. The highest BCUT2D eigenvalue weighted by Crippen LogP contribution is 2.44. The zero-order valence-corrected chi connectivity index (χ0v) is 18.2. The largest absolute Gasteiger partial charge is 0.497 e. The number of rotatable bonds is 4. The van der Waals surface area contributed by atoms with Crippen LogP contribution in [0.2, 0.25) is 0 Å². The first-order valence-electron chi connectivity index (χ1n) is 10.6. The molecule has 2 heterocycles. The molecule has 0 radical (unpaired) electrons. The number of anilines is 1. The van der Waals surface area contributed by atoms with Crippen LogP contribution in [-0.2, 0) is 4.79 Å². The number of carbonyl (C=O) groups excluding carboxylic acids is 1. The van der Waals surface area contributed by atoms with Crippen molar-refractivity contribution in [3.8, 4) is 17.1 Å². The molecule has 2 aliphatic rings. The minimum Gasteiger partial charge on any atom is -0.497 e. The Kier molecular flexibility index (Phi) is 5.31. The molecule has 1 aromatic heterocycles. The highest BCUT2D eigenvalue weighted by atomic mass is 32.2. The van der Waals surface area contributed by atoms with Gasteiger partial charge in [0.25, 0.3) is 0 Å². The number of ether oxygens (including phenoxy) is 1. The van der Waals surface area contributed by atoms with Crippen molar-refractivity contribution in [1.82, 2.24) is 14.9 Å². The number of thioether (sulfide) groups is 1. The summed E-state index contributed by atoms with van der Waals surface area (Å²) < 4.78 is 7.19. The van der Waals surface area contributed by atoms with Crippen LogP contribution in [0, 0.1) is 0 Å². The maximum Gasteiger partial charge on any atom is 0.240 e. The Bertz CT molecular complexity index is 1060. The molecule has 1 aliphatic carbocycles. The van der Waals surface area contributed by atoms with Crippen LogP contribution >= 0.6 is 11.8 Å². The van der Waals surface area contributed by atoms with E-state index < -0.39 is 0 Å². The second kappa shape index (κ2) is 8.26. The highest BCUT2D eigenvalue weighted by molar-refractivity contribution is 8.00. The summed E-state index contributed by atoms with van der Waals surface area (Å²) in [6, 6.07) is 17.5. The van der Waals surface area contributed by atoms with Crippen LogP contribution in [0.15, 0.2) is 59.8 Å². The van der Waals surface area contributed by atoms with Gasteiger partial charge in [-0.3, -0.25) is 4.79 Å². The quantitative estimate of drug-likeness (QED) is 0.636. The van der Waals surface area contributed by atoms with Crippen LogP contribution in [0.25, 0.3) is 11.4 Å². The van der Waals surface area contributed by atoms with Crippen molar-refractivity contribution >= 4 is 23.4 Å². The van der Waals surface area contributed by atoms with Crippen LogP contribution < -0.4 is 15.5 Å². The first kappa shape index (κ1) is 19.9. The summed E-state index contributed by atoms with van der Waals surface area (Å²) >= 11 is 1.50. The zero-order valence-electron chi connectivity index (χ0n) is 17.4. The smallest absolute Gasteiger partial charge is 0.240 e. The monoisotopic (exact) mass is 435 g/mol. The van der Waals surface area contributed by atoms with Gasteiger partial charge in [-0.15, -0.1) is 10.2 Å².